The van der Waals surface area contributed by atoms with Gasteiger partial charge in [-0.2, -0.15) is 0 Å². The summed E-state index contributed by atoms with van der Waals surface area (Å²) >= 11 is 0. The van der Waals surface area contributed by atoms with Crippen molar-refractivity contribution in [1.82, 2.24) is 14.5 Å². The summed E-state index contributed by atoms with van der Waals surface area (Å²) in [5.74, 6) is 0.778. The largest absolute Gasteiger partial charge is 0.332 e. The summed E-state index contributed by atoms with van der Waals surface area (Å²) in [4.78, 5) is 13.7. The Labute approximate surface area is 87.0 Å². The molecule has 0 saturated heterocycles. The average molecular weight is 204 g/mol. The zero-order chi connectivity index (χ0) is 10.3. The standard InChI is InChI=1S/C10H12N4O/c1-2-14-5-7-3-4-15-13-9-8(7)10(14)12-6-11-9/h5-6H,2-4H2,1H3,(H,11,12,13). The van der Waals surface area contributed by atoms with Crippen molar-refractivity contribution in [2.75, 3.05) is 12.1 Å². The van der Waals surface area contributed by atoms with Crippen LogP contribution in [0.25, 0.3) is 11.0 Å². The lowest BCUT2D eigenvalue weighted by atomic mass is 10.2. The number of rotatable bonds is 1. The van der Waals surface area contributed by atoms with E-state index in [2.05, 4.69) is 33.1 Å². The van der Waals surface area contributed by atoms with Gasteiger partial charge in [0.1, 0.15) is 12.0 Å². The third kappa shape index (κ3) is 1.20. The van der Waals surface area contributed by atoms with Crippen LogP contribution in [-0.2, 0) is 17.8 Å². The van der Waals surface area contributed by atoms with E-state index in [4.69, 9.17) is 4.84 Å². The zero-order valence-corrected chi connectivity index (χ0v) is 8.53. The average Bonchev–Trinajstić information content (AvgIpc) is 2.50. The van der Waals surface area contributed by atoms with Crippen molar-refractivity contribution < 1.29 is 4.84 Å². The van der Waals surface area contributed by atoms with Crippen LogP contribution in [0.5, 0.6) is 0 Å². The molecule has 1 aliphatic heterocycles. The number of nitrogens with zero attached hydrogens (tertiary/aromatic N) is 3. The molecule has 0 aromatic carbocycles. The van der Waals surface area contributed by atoms with Crippen LogP contribution in [-0.4, -0.2) is 21.1 Å². The van der Waals surface area contributed by atoms with Crippen LogP contribution in [0.1, 0.15) is 12.5 Å². The second-order valence-electron chi connectivity index (χ2n) is 3.56. The van der Waals surface area contributed by atoms with Crippen LogP contribution in [0.2, 0.25) is 0 Å². The maximum Gasteiger partial charge on any atom is 0.162 e. The number of hydrogen-bond acceptors (Lipinski definition) is 4. The fraction of sp³-hybridized carbons (Fsp3) is 0.400. The van der Waals surface area contributed by atoms with Gasteiger partial charge in [-0.05, 0) is 12.5 Å². The lowest BCUT2D eigenvalue weighted by Crippen LogP contribution is -2.04. The Morgan fingerprint density at radius 2 is 2.47 bits per heavy atom. The Morgan fingerprint density at radius 1 is 1.53 bits per heavy atom. The minimum Gasteiger partial charge on any atom is -0.332 e. The first kappa shape index (κ1) is 8.67. The van der Waals surface area contributed by atoms with Gasteiger partial charge in [0, 0.05) is 19.2 Å². The van der Waals surface area contributed by atoms with E-state index in [9.17, 15) is 0 Å². The first-order chi connectivity index (χ1) is 7.40. The van der Waals surface area contributed by atoms with Gasteiger partial charge in [0.25, 0.3) is 0 Å². The highest BCUT2D eigenvalue weighted by Gasteiger charge is 2.16. The van der Waals surface area contributed by atoms with Crippen molar-refractivity contribution in [3.63, 3.8) is 0 Å². The van der Waals surface area contributed by atoms with Crippen LogP contribution in [0.3, 0.4) is 0 Å². The molecule has 2 aromatic rings. The van der Waals surface area contributed by atoms with E-state index in [1.165, 1.54) is 5.56 Å². The van der Waals surface area contributed by atoms with Gasteiger partial charge in [-0.3, -0.25) is 4.84 Å². The van der Waals surface area contributed by atoms with Crippen molar-refractivity contribution in [3.8, 4) is 0 Å². The van der Waals surface area contributed by atoms with Crippen LogP contribution in [0.15, 0.2) is 12.5 Å². The number of hydrogen-bond donors (Lipinski definition) is 1. The van der Waals surface area contributed by atoms with Crippen LogP contribution in [0.4, 0.5) is 5.82 Å². The minimum absolute atomic E-state index is 0.666. The molecule has 3 heterocycles. The molecular weight excluding hydrogens is 192 g/mol. The summed E-state index contributed by atoms with van der Waals surface area (Å²) in [5.41, 5.74) is 5.10. The molecule has 5 heteroatoms. The monoisotopic (exact) mass is 204 g/mol. The van der Waals surface area contributed by atoms with Gasteiger partial charge in [-0.15, -0.1) is 0 Å². The minimum atomic E-state index is 0.666. The molecule has 0 saturated carbocycles. The van der Waals surface area contributed by atoms with Crippen molar-refractivity contribution >= 4 is 16.9 Å². The molecule has 0 aliphatic carbocycles. The molecule has 3 rings (SSSR count). The highest BCUT2D eigenvalue weighted by Crippen LogP contribution is 2.27. The number of aromatic nitrogens is 3. The Kier molecular flexibility index (Phi) is 1.85. The summed E-state index contributed by atoms with van der Waals surface area (Å²) < 4.78 is 2.14. The molecule has 15 heavy (non-hydrogen) atoms. The predicted molar refractivity (Wildman–Crippen MR) is 56.5 cm³/mol. The number of aryl methyl sites for hydroxylation is 1. The van der Waals surface area contributed by atoms with Crippen LogP contribution >= 0.6 is 0 Å². The third-order valence-corrected chi connectivity index (χ3v) is 2.72. The Hall–Kier alpha value is -1.62. The molecule has 0 amide bonds. The summed E-state index contributed by atoms with van der Waals surface area (Å²) in [6.07, 6.45) is 4.60. The fourth-order valence-corrected chi connectivity index (χ4v) is 1.99. The van der Waals surface area contributed by atoms with Crippen molar-refractivity contribution in [3.05, 3.63) is 18.1 Å². The molecule has 0 atom stereocenters. The van der Waals surface area contributed by atoms with E-state index in [0.29, 0.717) is 6.61 Å². The first-order valence-corrected chi connectivity index (χ1v) is 5.10. The number of anilines is 1. The molecule has 0 spiro atoms. The van der Waals surface area contributed by atoms with E-state index in [1.807, 2.05) is 0 Å². The molecule has 0 fully saturated rings. The molecule has 2 aromatic heterocycles. The molecule has 1 N–H and O–H groups in total. The normalized spacial score (nSPS) is 15.0. The van der Waals surface area contributed by atoms with E-state index >= 15 is 0 Å². The van der Waals surface area contributed by atoms with Crippen molar-refractivity contribution in [2.24, 2.45) is 0 Å². The lowest BCUT2D eigenvalue weighted by Gasteiger charge is -2.04. The predicted octanol–water partition coefficient (Wildman–Crippen LogP) is 1.35. The molecule has 78 valence electrons. The van der Waals surface area contributed by atoms with E-state index in [1.54, 1.807) is 6.33 Å². The van der Waals surface area contributed by atoms with Gasteiger partial charge in [-0.1, -0.05) is 0 Å². The third-order valence-electron chi connectivity index (χ3n) is 2.72. The van der Waals surface area contributed by atoms with Gasteiger partial charge in [0.2, 0.25) is 0 Å². The Morgan fingerprint density at radius 3 is 3.33 bits per heavy atom. The van der Waals surface area contributed by atoms with Crippen LogP contribution < -0.4 is 5.48 Å². The Balaban J connectivity index is 2.36. The summed E-state index contributed by atoms with van der Waals surface area (Å²) in [6, 6.07) is 0. The van der Waals surface area contributed by atoms with Gasteiger partial charge in [0.05, 0.1) is 12.0 Å². The second-order valence-corrected chi connectivity index (χ2v) is 3.56. The summed E-state index contributed by atoms with van der Waals surface area (Å²) in [6.45, 7) is 3.70. The van der Waals surface area contributed by atoms with Gasteiger partial charge >= 0.3 is 0 Å². The molecular formula is C10H12N4O. The van der Waals surface area contributed by atoms with Crippen molar-refractivity contribution in [1.29, 1.82) is 0 Å². The molecule has 1 aliphatic rings. The quantitative estimate of drug-likeness (QED) is 0.761. The lowest BCUT2D eigenvalue weighted by molar-refractivity contribution is 0.199. The second kappa shape index (κ2) is 3.20. The highest BCUT2D eigenvalue weighted by molar-refractivity contribution is 5.90. The zero-order valence-electron chi connectivity index (χ0n) is 8.53. The summed E-state index contributed by atoms with van der Waals surface area (Å²) in [5, 5.41) is 1.09. The molecule has 0 radical (unpaired) electrons. The SMILES string of the molecule is CCn1cc2c3c(ncnc31)NOCC2. The van der Waals surface area contributed by atoms with E-state index in [-0.39, 0.29) is 0 Å². The van der Waals surface area contributed by atoms with Gasteiger partial charge in [0.15, 0.2) is 5.82 Å². The number of nitrogens with one attached hydrogen (secondary N) is 1. The first-order valence-electron chi connectivity index (χ1n) is 5.10. The topological polar surface area (TPSA) is 52.0 Å². The maximum absolute atomic E-state index is 5.25. The maximum atomic E-state index is 5.25. The summed E-state index contributed by atoms with van der Waals surface area (Å²) in [7, 11) is 0. The fourth-order valence-electron chi connectivity index (χ4n) is 1.99. The van der Waals surface area contributed by atoms with Gasteiger partial charge in [-0.25, -0.2) is 15.4 Å². The van der Waals surface area contributed by atoms with E-state index in [0.717, 1.165) is 29.8 Å². The Bertz CT molecular complexity index is 505. The van der Waals surface area contributed by atoms with Crippen molar-refractivity contribution in [2.45, 2.75) is 19.9 Å². The molecule has 0 bridgehead atoms. The van der Waals surface area contributed by atoms with E-state index < -0.39 is 0 Å². The van der Waals surface area contributed by atoms with Gasteiger partial charge < -0.3 is 4.57 Å². The van der Waals surface area contributed by atoms with Crippen LogP contribution in [0, 0.1) is 0 Å². The molecule has 0 unspecified atom stereocenters. The highest BCUT2D eigenvalue weighted by atomic mass is 16.6. The smallest absolute Gasteiger partial charge is 0.162 e. The molecule has 5 nitrogen and oxygen atoms in total.